The van der Waals surface area contributed by atoms with Crippen LogP contribution in [0.1, 0.15) is 27.0 Å². The largest absolute Gasteiger partial charge is 0.355 e. The molecular weight excluding hydrogens is 392 g/mol. The third-order valence-corrected chi connectivity index (χ3v) is 8.51. The number of nitrogens with zero attached hydrogens (tertiary/aromatic N) is 2. The van der Waals surface area contributed by atoms with Crippen LogP contribution >= 0.6 is 22.7 Å². The van der Waals surface area contributed by atoms with E-state index in [0.717, 1.165) is 9.75 Å². The van der Waals surface area contributed by atoms with Gasteiger partial charge >= 0.3 is 0 Å². The minimum Gasteiger partial charge on any atom is -0.355 e. The van der Waals surface area contributed by atoms with Crippen molar-refractivity contribution in [3.63, 3.8) is 0 Å². The smallest absolute Gasteiger partial charge is 0.276 e. The Morgan fingerprint density at radius 1 is 1.19 bits per heavy atom. The molecule has 0 aliphatic carbocycles. The summed E-state index contributed by atoms with van der Waals surface area (Å²) in [7, 11) is -3.29. The van der Waals surface area contributed by atoms with Crippen molar-refractivity contribution >= 4 is 38.4 Å². The molecule has 0 saturated carbocycles. The highest BCUT2D eigenvalue weighted by Crippen LogP contribution is 2.33. The third-order valence-electron chi connectivity index (χ3n) is 4.38. The second kappa shape index (κ2) is 6.98. The molecule has 3 aromatic heterocycles. The average molecular weight is 409 g/mol. The van der Waals surface area contributed by atoms with E-state index in [4.69, 9.17) is 4.52 Å². The van der Waals surface area contributed by atoms with Crippen molar-refractivity contribution in [1.29, 1.82) is 0 Å². The van der Waals surface area contributed by atoms with Crippen molar-refractivity contribution in [2.24, 2.45) is 0 Å². The lowest BCUT2D eigenvalue weighted by Crippen LogP contribution is -2.33. The van der Waals surface area contributed by atoms with Gasteiger partial charge in [0.1, 0.15) is 0 Å². The summed E-state index contributed by atoms with van der Waals surface area (Å²) in [4.78, 5) is 16.0. The SMILES string of the molecule is O=C(c1cc(-c2cccs2)on1)N1CCC(c2cccs2)S(=O)(=O)CC1. The molecular formula is C17H16N2O4S3. The number of hydrogen-bond acceptors (Lipinski definition) is 7. The van der Waals surface area contributed by atoms with Gasteiger partial charge in [0.05, 0.1) is 15.9 Å². The number of carbonyl (C=O) groups is 1. The van der Waals surface area contributed by atoms with E-state index >= 15 is 0 Å². The molecule has 0 N–H and O–H groups in total. The molecule has 1 aliphatic heterocycles. The van der Waals surface area contributed by atoms with Crippen LogP contribution in [0.3, 0.4) is 0 Å². The Morgan fingerprint density at radius 3 is 2.73 bits per heavy atom. The van der Waals surface area contributed by atoms with Crippen molar-refractivity contribution in [3.8, 4) is 10.6 Å². The molecule has 1 atom stereocenters. The first-order chi connectivity index (χ1) is 12.5. The van der Waals surface area contributed by atoms with Crippen LogP contribution < -0.4 is 0 Å². The number of carbonyl (C=O) groups excluding carboxylic acids is 1. The molecule has 1 saturated heterocycles. The molecule has 4 rings (SSSR count). The van der Waals surface area contributed by atoms with Crippen LogP contribution in [0.2, 0.25) is 0 Å². The van der Waals surface area contributed by atoms with Gasteiger partial charge in [0, 0.05) is 24.0 Å². The molecule has 136 valence electrons. The first-order valence-corrected chi connectivity index (χ1v) is 11.6. The molecule has 0 bridgehead atoms. The van der Waals surface area contributed by atoms with Crippen LogP contribution in [-0.4, -0.2) is 43.2 Å². The number of sulfone groups is 1. The molecule has 0 spiro atoms. The van der Waals surface area contributed by atoms with Crippen LogP contribution in [0.4, 0.5) is 0 Å². The Hall–Kier alpha value is -1.97. The van der Waals surface area contributed by atoms with E-state index in [1.54, 1.807) is 11.0 Å². The lowest BCUT2D eigenvalue weighted by Gasteiger charge is -2.18. The maximum atomic E-state index is 12.8. The predicted octanol–water partition coefficient (Wildman–Crippen LogP) is 3.47. The Bertz CT molecular complexity index is 991. The topological polar surface area (TPSA) is 80.5 Å². The molecule has 1 unspecified atom stereocenters. The van der Waals surface area contributed by atoms with Crippen LogP contribution in [-0.2, 0) is 9.84 Å². The zero-order valence-electron chi connectivity index (χ0n) is 13.7. The maximum absolute atomic E-state index is 12.8. The summed E-state index contributed by atoms with van der Waals surface area (Å²) in [6.45, 7) is 0.548. The summed E-state index contributed by atoms with van der Waals surface area (Å²) >= 11 is 2.94. The number of thiophene rings is 2. The monoisotopic (exact) mass is 408 g/mol. The van der Waals surface area contributed by atoms with Crippen molar-refractivity contribution in [2.75, 3.05) is 18.8 Å². The zero-order valence-corrected chi connectivity index (χ0v) is 16.1. The Morgan fingerprint density at radius 2 is 2.00 bits per heavy atom. The van der Waals surface area contributed by atoms with E-state index in [2.05, 4.69) is 5.16 Å². The maximum Gasteiger partial charge on any atom is 0.276 e. The molecule has 1 aliphatic rings. The molecule has 9 heteroatoms. The Balaban J connectivity index is 1.53. The van der Waals surface area contributed by atoms with Gasteiger partial charge in [-0.05, 0) is 29.3 Å². The predicted molar refractivity (Wildman–Crippen MR) is 101 cm³/mol. The molecule has 0 radical (unpaired) electrons. The van der Waals surface area contributed by atoms with Gasteiger partial charge < -0.3 is 9.42 Å². The summed E-state index contributed by atoms with van der Waals surface area (Å²) in [5, 5.41) is 7.13. The van der Waals surface area contributed by atoms with Crippen LogP contribution in [0.5, 0.6) is 0 Å². The fourth-order valence-corrected chi connectivity index (χ4v) is 6.69. The summed E-state index contributed by atoms with van der Waals surface area (Å²) in [5.74, 6) is 0.206. The Labute approximate surface area is 159 Å². The molecule has 3 aromatic rings. The highest BCUT2D eigenvalue weighted by atomic mass is 32.2. The number of rotatable bonds is 3. The van der Waals surface area contributed by atoms with E-state index in [9.17, 15) is 13.2 Å². The second-order valence-electron chi connectivity index (χ2n) is 6.01. The highest BCUT2D eigenvalue weighted by Gasteiger charge is 2.34. The van der Waals surface area contributed by atoms with Gasteiger partial charge in [-0.15, -0.1) is 22.7 Å². The standard InChI is InChI=1S/C17H16N2O4S3/c20-17(12-11-13(23-18-12)14-3-1-8-24-14)19-6-5-16(15-4-2-9-25-15)26(21,22)10-7-19/h1-4,8-9,11,16H,5-7,10H2. The minimum absolute atomic E-state index is 0.0447. The van der Waals surface area contributed by atoms with Crippen molar-refractivity contribution in [1.82, 2.24) is 10.1 Å². The van der Waals surface area contributed by atoms with E-state index in [-0.39, 0.29) is 23.9 Å². The second-order valence-corrected chi connectivity index (χ2v) is 10.2. The fraction of sp³-hybridized carbons (Fsp3) is 0.294. The third kappa shape index (κ3) is 3.34. The van der Waals surface area contributed by atoms with Crippen LogP contribution in [0.15, 0.2) is 45.6 Å². The molecule has 1 fully saturated rings. The summed E-state index contributed by atoms with van der Waals surface area (Å²) in [5.41, 5.74) is 0.209. The number of aromatic nitrogens is 1. The zero-order chi connectivity index (χ0) is 18.1. The number of amides is 1. The van der Waals surface area contributed by atoms with Crippen molar-refractivity contribution in [3.05, 3.63) is 51.7 Å². The molecule has 6 nitrogen and oxygen atoms in total. The summed E-state index contributed by atoms with van der Waals surface area (Å²) in [6, 6.07) is 9.10. The van der Waals surface area contributed by atoms with Gasteiger partial charge in [0.15, 0.2) is 21.3 Å². The molecule has 1 amide bonds. The van der Waals surface area contributed by atoms with Gasteiger partial charge in [-0.1, -0.05) is 17.3 Å². The lowest BCUT2D eigenvalue weighted by molar-refractivity contribution is 0.0756. The van der Waals surface area contributed by atoms with E-state index in [0.29, 0.717) is 18.7 Å². The summed E-state index contributed by atoms with van der Waals surface area (Å²) < 4.78 is 30.5. The number of hydrogen-bond donors (Lipinski definition) is 0. The van der Waals surface area contributed by atoms with Gasteiger partial charge in [-0.2, -0.15) is 0 Å². The van der Waals surface area contributed by atoms with Gasteiger partial charge in [-0.25, -0.2) is 8.42 Å². The normalized spacial score (nSPS) is 20.0. The fourth-order valence-electron chi connectivity index (χ4n) is 3.01. The molecule has 4 heterocycles. The molecule has 0 aromatic carbocycles. The lowest BCUT2D eigenvalue weighted by atomic mass is 10.2. The van der Waals surface area contributed by atoms with Crippen LogP contribution in [0, 0.1) is 0 Å². The first-order valence-electron chi connectivity index (χ1n) is 8.09. The van der Waals surface area contributed by atoms with Gasteiger partial charge in [0.25, 0.3) is 5.91 Å². The quantitative estimate of drug-likeness (QED) is 0.663. The van der Waals surface area contributed by atoms with E-state index in [1.165, 1.54) is 22.7 Å². The van der Waals surface area contributed by atoms with Gasteiger partial charge in [0.2, 0.25) is 0 Å². The van der Waals surface area contributed by atoms with Crippen molar-refractivity contribution < 1.29 is 17.7 Å². The highest BCUT2D eigenvalue weighted by molar-refractivity contribution is 7.91. The summed E-state index contributed by atoms with van der Waals surface area (Å²) in [6.07, 6.45) is 0.393. The van der Waals surface area contributed by atoms with Crippen molar-refractivity contribution in [2.45, 2.75) is 11.7 Å². The first kappa shape index (κ1) is 17.4. The average Bonchev–Trinajstić information content (AvgIpc) is 3.37. The van der Waals surface area contributed by atoms with Gasteiger partial charge in [-0.3, -0.25) is 4.79 Å². The van der Waals surface area contributed by atoms with E-state index < -0.39 is 15.1 Å². The Kier molecular flexibility index (Phi) is 4.68. The van der Waals surface area contributed by atoms with Crippen LogP contribution in [0.25, 0.3) is 10.6 Å². The minimum atomic E-state index is -3.29. The molecule has 26 heavy (non-hydrogen) atoms. The van der Waals surface area contributed by atoms with E-state index in [1.807, 2.05) is 35.0 Å².